The Hall–Kier alpha value is -2.92. The number of urea groups is 1. The average molecular weight is 349 g/mol. The lowest BCUT2D eigenvalue weighted by Gasteiger charge is -2.18. The van der Waals surface area contributed by atoms with Crippen molar-refractivity contribution >= 4 is 22.6 Å². The number of aromatic nitrogens is 1. The molecule has 2 amide bonds. The molecule has 1 atom stereocenters. The topological polar surface area (TPSA) is 74.2 Å². The second kappa shape index (κ2) is 8.45. The van der Waals surface area contributed by atoms with Crippen molar-refractivity contribution in [1.29, 1.82) is 0 Å². The van der Waals surface area contributed by atoms with Crippen molar-refractivity contribution in [3.63, 3.8) is 0 Å². The Morgan fingerprint density at radius 3 is 2.73 bits per heavy atom. The first kappa shape index (κ1) is 17.9. The highest BCUT2D eigenvalue weighted by atomic mass is 16.3. The first-order chi connectivity index (χ1) is 12.7. The second-order valence-corrected chi connectivity index (χ2v) is 6.34. The smallest absolute Gasteiger partial charge is 0.319 e. The summed E-state index contributed by atoms with van der Waals surface area (Å²) in [4.78, 5) is 16.8. The van der Waals surface area contributed by atoms with Gasteiger partial charge < -0.3 is 15.7 Å². The molecule has 3 rings (SSSR count). The normalized spacial score (nSPS) is 11.9. The van der Waals surface area contributed by atoms with Gasteiger partial charge in [-0.1, -0.05) is 36.4 Å². The molecule has 3 aromatic rings. The van der Waals surface area contributed by atoms with Crippen LogP contribution in [0.25, 0.3) is 10.9 Å². The van der Waals surface area contributed by atoms with Crippen molar-refractivity contribution in [3.8, 4) is 0 Å². The molecule has 5 heteroatoms. The molecule has 0 saturated carbocycles. The van der Waals surface area contributed by atoms with Crippen molar-refractivity contribution in [3.05, 3.63) is 71.9 Å². The van der Waals surface area contributed by atoms with E-state index in [1.807, 2.05) is 61.5 Å². The van der Waals surface area contributed by atoms with Gasteiger partial charge in [-0.3, -0.25) is 4.98 Å². The summed E-state index contributed by atoms with van der Waals surface area (Å²) >= 11 is 0. The van der Waals surface area contributed by atoms with Crippen molar-refractivity contribution in [1.82, 2.24) is 10.3 Å². The SMILES string of the molecule is Cc1cc(NC(=O)NCC(CCO)c2ccccc2)c2ncccc2c1. The molecule has 0 saturated heterocycles. The molecular formula is C21H23N3O2. The summed E-state index contributed by atoms with van der Waals surface area (Å²) in [7, 11) is 0. The molecule has 0 aliphatic heterocycles. The number of hydrogen-bond acceptors (Lipinski definition) is 3. The maximum Gasteiger partial charge on any atom is 0.319 e. The average Bonchev–Trinajstić information content (AvgIpc) is 2.65. The number of benzene rings is 2. The molecule has 0 fully saturated rings. The van der Waals surface area contributed by atoms with Crippen LogP contribution in [0, 0.1) is 6.92 Å². The van der Waals surface area contributed by atoms with Crippen LogP contribution < -0.4 is 10.6 Å². The van der Waals surface area contributed by atoms with E-state index < -0.39 is 0 Å². The van der Waals surface area contributed by atoms with Gasteiger partial charge in [0.2, 0.25) is 0 Å². The summed E-state index contributed by atoms with van der Waals surface area (Å²) in [5.74, 6) is 0.0688. The highest BCUT2D eigenvalue weighted by Crippen LogP contribution is 2.23. The van der Waals surface area contributed by atoms with Crippen LogP contribution in [-0.2, 0) is 0 Å². The highest BCUT2D eigenvalue weighted by Gasteiger charge is 2.13. The van der Waals surface area contributed by atoms with Crippen LogP contribution in [0.5, 0.6) is 0 Å². The second-order valence-electron chi connectivity index (χ2n) is 6.34. The predicted molar refractivity (Wildman–Crippen MR) is 104 cm³/mol. The Morgan fingerprint density at radius 1 is 1.15 bits per heavy atom. The lowest BCUT2D eigenvalue weighted by Crippen LogP contribution is -2.32. The molecule has 134 valence electrons. The Kier molecular flexibility index (Phi) is 5.81. The van der Waals surface area contributed by atoms with Crippen LogP contribution in [0.3, 0.4) is 0 Å². The van der Waals surface area contributed by atoms with E-state index in [1.165, 1.54) is 0 Å². The minimum Gasteiger partial charge on any atom is -0.396 e. The molecule has 3 N–H and O–H groups in total. The van der Waals surface area contributed by atoms with Crippen molar-refractivity contribution in [2.24, 2.45) is 0 Å². The van der Waals surface area contributed by atoms with Gasteiger partial charge in [0.25, 0.3) is 0 Å². The van der Waals surface area contributed by atoms with E-state index >= 15 is 0 Å². The summed E-state index contributed by atoms with van der Waals surface area (Å²) in [6, 6.07) is 17.4. The lowest BCUT2D eigenvalue weighted by molar-refractivity contribution is 0.248. The van der Waals surface area contributed by atoms with Gasteiger partial charge in [0.05, 0.1) is 11.2 Å². The number of pyridine rings is 1. The van der Waals surface area contributed by atoms with Crippen LogP contribution in [-0.4, -0.2) is 29.3 Å². The Morgan fingerprint density at radius 2 is 1.96 bits per heavy atom. The molecule has 2 aromatic carbocycles. The number of aliphatic hydroxyl groups is 1. The number of aryl methyl sites for hydroxylation is 1. The number of hydrogen-bond donors (Lipinski definition) is 3. The molecule has 0 aliphatic rings. The summed E-state index contributed by atoms with van der Waals surface area (Å²) in [6.07, 6.45) is 2.31. The third-order valence-electron chi connectivity index (χ3n) is 4.35. The van der Waals surface area contributed by atoms with Crippen LogP contribution in [0.15, 0.2) is 60.8 Å². The Balaban J connectivity index is 1.69. The van der Waals surface area contributed by atoms with E-state index in [-0.39, 0.29) is 18.6 Å². The molecule has 26 heavy (non-hydrogen) atoms. The first-order valence-electron chi connectivity index (χ1n) is 8.73. The molecule has 5 nitrogen and oxygen atoms in total. The number of carbonyl (C=O) groups excluding carboxylic acids is 1. The van der Waals surface area contributed by atoms with E-state index in [1.54, 1.807) is 6.20 Å². The maximum absolute atomic E-state index is 12.4. The quantitative estimate of drug-likeness (QED) is 0.633. The molecule has 1 heterocycles. The highest BCUT2D eigenvalue weighted by molar-refractivity contribution is 5.99. The van der Waals surface area contributed by atoms with Gasteiger partial charge in [-0.25, -0.2) is 4.79 Å². The lowest BCUT2D eigenvalue weighted by atomic mass is 9.96. The summed E-state index contributed by atoms with van der Waals surface area (Å²) < 4.78 is 0. The minimum absolute atomic E-state index is 0.0688. The summed E-state index contributed by atoms with van der Waals surface area (Å²) in [5, 5.41) is 16.1. The van der Waals surface area contributed by atoms with Gasteiger partial charge in [0, 0.05) is 30.7 Å². The van der Waals surface area contributed by atoms with Crippen LogP contribution in [0.4, 0.5) is 10.5 Å². The largest absolute Gasteiger partial charge is 0.396 e. The third kappa shape index (κ3) is 4.37. The first-order valence-corrected chi connectivity index (χ1v) is 8.73. The van der Waals surface area contributed by atoms with Gasteiger partial charge >= 0.3 is 6.03 Å². The molecule has 1 unspecified atom stereocenters. The van der Waals surface area contributed by atoms with Gasteiger partial charge in [0.15, 0.2) is 0 Å². The number of fused-ring (bicyclic) bond motifs is 1. The molecular weight excluding hydrogens is 326 g/mol. The monoisotopic (exact) mass is 349 g/mol. The predicted octanol–water partition coefficient (Wildman–Crippen LogP) is 3.83. The van der Waals surface area contributed by atoms with Crippen LogP contribution in [0.1, 0.15) is 23.5 Å². The number of rotatable bonds is 6. The fourth-order valence-electron chi connectivity index (χ4n) is 3.09. The van der Waals surface area contributed by atoms with Crippen molar-refractivity contribution in [2.45, 2.75) is 19.3 Å². The maximum atomic E-state index is 12.4. The molecule has 0 spiro atoms. The van der Waals surface area contributed by atoms with E-state index in [0.717, 1.165) is 22.0 Å². The van der Waals surface area contributed by atoms with Crippen molar-refractivity contribution < 1.29 is 9.90 Å². The molecule has 0 aliphatic carbocycles. The van der Waals surface area contributed by atoms with Crippen LogP contribution >= 0.6 is 0 Å². The van der Waals surface area contributed by atoms with Gasteiger partial charge in [-0.2, -0.15) is 0 Å². The number of nitrogens with one attached hydrogen (secondary N) is 2. The molecule has 0 bridgehead atoms. The standard InChI is InChI=1S/C21H23N3O2/c1-15-12-17-8-5-10-22-20(17)19(13-15)24-21(26)23-14-18(9-11-25)16-6-3-2-4-7-16/h2-8,10,12-13,18,25H,9,11,14H2,1H3,(H2,23,24,26). The molecule has 1 aromatic heterocycles. The summed E-state index contributed by atoms with van der Waals surface area (Å²) in [5.41, 5.74) is 3.62. The van der Waals surface area contributed by atoms with Crippen LogP contribution in [0.2, 0.25) is 0 Å². The van der Waals surface area contributed by atoms with E-state index in [4.69, 9.17) is 0 Å². The molecule has 0 radical (unpaired) electrons. The zero-order chi connectivity index (χ0) is 18.4. The Bertz CT molecular complexity index is 881. The number of anilines is 1. The van der Waals surface area contributed by atoms with E-state index in [2.05, 4.69) is 15.6 Å². The summed E-state index contributed by atoms with van der Waals surface area (Å²) in [6.45, 7) is 2.52. The van der Waals surface area contributed by atoms with E-state index in [9.17, 15) is 9.90 Å². The van der Waals surface area contributed by atoms with Crippen molar-refractivity contribution in [2.75, 3.05) is 18.5 Å². The number of amides is 2. The number of carbonyl (C=O) groups is 1. The third-order valence-corrected chi connectivity index (χ3v) is 4.35. The zero-order valence-electron chi connectivity index (χ0n) is 14.8. The van der Waals surface area contributed by atoms with Gasteiger partial charge in [-0.05, 0) is 42.7 Å². The van der Waals surface area contributed by atoms with Gasteiger partial charge in [-0.15, -0.1) is 0 Å². The zero-order valence-corrected chi connectivity index (χ0v) is 14.8. The fourth-order valence-corrected chi connectivity index (χ4v) is 3.09. The fraction of sp³-hybridized carbons (Fsp3) is 0.238. The van der Waals surface area contributed by atoms with E-state index in [0.29, 0.717) is 18.7 Å². The Labute approximate surface area is 153 Å². The number of aliphatic hydroxyl groups excluding tert-OH is 1. The minimum atomic E-state index is -0.276. The van der Waals surface area contributed by atoms with Gasteiger partial charge in [0.1, 0.15) is 0 Å². The number of nitrogens with zero attached hydrogens (tertiary/aromatic N) is 1.